The number of aromatic nitrogens is 2. The zero-order valence-corrected chi connectivity index (χ0v) is 10.5. The van der Waals surface area contributed by atoms with Crippen molar-refractivity contribution >= 4 is 16.7 Å². The molecule has 1 aromatic carbocycles. The van der Waals surface area contributed by atoms with Crippen molar-refractivity contribution in [3.8, 4) is 5.75 Å². The van der Waals surface area contributed by atoms with Gasteiger partial charge in [0, 0.05) is 11.5 Å². The molecule has 0 bridgehead atoms. The number of ether oxygens (including phenoxy) is 1. The highest BCUT2D eigenvalue weighted by Gasteiger charge is 2.14. The summed E-state index contributed by atoms with van der Waals surface area (Å²) in [4.78, 5) is 0. The first-order valence-corrected chi connectivity index (χ1v) is 6.69. The number of H-pyrrole nitrogens is 1. The highest BCUT2D eigenvalue weighted by atomic mass is 16.5. The van der Waals surface area contributed by atoms with E-state index in [9.17, 15) is 0 Å². The van der Waals surface area contributed by atoms with Gasteiger partial charge in [0.25, 0.3) is 0 Å². The molecule has 0 saturated heterocycles. The standard InChI is InChI=1S/C14H19N3O/c15-14-12-7-6-11(8-13(12)16-17-14)18-9-10-4-2-1-3-5-10/h6-8,10H,1-5,9H2,(H3,15,16,17). The number of nitrogens with two attached hydrogens (primary N) is 1. The molecule has 3 rings (SSSR count). The van der Waals surface area contributed by atoms with Gasteiger partial charge in [0.05, 0.1) is 12.1 Å². The van der Waals surface area contributed by atoms with Gasteiger partial charge < -0.3 is 10.5 Å². The number of rotatable bonds is 3. The Kier molecular flexibility index (Phi) is 3.09. The van der Waals surface area contributed by atoms with Crippen molar-refractivity contribution in [2.24, 2.45) is 5.92 Å². The number of hydrogen-bond donors (Lipinski definition) is 2. The van der Waals surface area contributed by atoms with E-state index < -0.39 is 0 Å². The second-order valence-corrected chi connectivity index (χ2v) is 5.13. The quantitative estimate of drug-likeness (QED) is 0.873. The fourth-order valence-electron chi connectivity index (χ4n) is 2.68. The monoisotopic (exact) mass is 245 g/mol. The van der Waals surface area contributed by atoms with Crippen LogP contribution in [-0.4, -0.2) is 16.8 Å². The minimum absolute atomic E-state index is 0.545. The summed E-state index contributed by atoms with van der Waals surface area (Å²) in [6.45, 7) is 0.828. The zero-order valence-electron chi connectivity index (χ0n) is 10.5. The number of nitrogen functional groups attached to an aromatic ring is 1. The molecule has 0 spiro atoms. The van der Waals surface area contributed by atoms with Crippen LogP contribution in [0.4, 0.5) is 5.82 Å². The lowest BCUT2D eigenvalue weighted by Gasteiger charge is -2.21. The average Bonchev–Trinajstić information content (AvgIpc) is 2.79. The van der Waals surface area contributed by atoms with Crippen LogP contribution in [0.25, 0.3) is 10.9 Å². The molecule has 18 heavy (non-hydrogen) atoms. The molecule has 4 heteroatoms. The van der Waals surface area contributed by atoms with Crippen molar-refractivity contribution in [1.82, 2.24) is 10.2 Å². The van der Waals surface area contributed by atoms with Crippen LogP contribution >= 0.6 is 0 Å². The molecule has 0 aliphatic heterocycles. The molecule has 1 aromatic heterocycles. The minimum Gasteiger partial charge on any atom is -0.493 e. The van der Waals surface area contributed by atoms with Crippen molar-refractivity contribution in [3.63, 3.8) is 0 Å². The maximum atomic E-state index is 5.87. The molecule has 0 atom stereocenters. The number of anilines is 1. The molecule has 1 aliphatic carbocycles. The molecular formula is C14H19N3O. The number of nitrogens with zero attached hydrogens (tertiary/aromatic N) is 1. The third-order valence-corrected chi connectivity index (χ3v) is 3.77. The van der Waals surface area contributed by atoms with Crippen LogP contribution in [0.2, 0.25) is 0 Å². The highest BCUT2D eigenvalue weighted by molar-refractivity contribution is 5.89. The Hall–Kier alpha value is -1.71. The van der Waals surface area contributed by atoms with Gasteiger partial charge in [0.1, 0.15) is 5.75 Å². The van der Waals surface area contributed by atoms with Gasteiger partial charge in [0.2, 0.25) is 0 Å². The van der Waals surface area contributed by atoms with Crippen molar-refractivity contribution in [1.29, 1.82) is 0 Å². The fraction of sp³-hybridized carbons (Fsp3) is 0.500. The van der Waals surface area contributed by atoms with Crippen molar-refractivity contribution in [3.05, 3.63) is 18.2 Å². The predicted molar refractivity (Wildman–Crippen MR) is 72.6 cm³/mol. The Bertz CT molecular complexity index is 529. The Morgan fingerprint density at radius 2 is 2.11 bits per heavy atom. The van der Waals surface area contributed by atoms with Gasteiger partial charge in [-0.2, -0.15) is 5.10 Å². The third-order valence-electron chi connectivity index (χ3n) is 3.77. The van der Waals surface area contributed by atoms with Crippen molar-refractivity contribution in [2.45, 2.75) is 32.1 Å². The van der Waals surface area contributed by atoms with E-state index in [1.807, 2.05) is 18.2 Å². The van der Waals surface area contributed by atoms with Crippen molar-refractivity contribution in [2.75, 3.05) is 12.3 Å². The highest BCUT2D eigenvalue weighted by Crippen LogP contribution is 2.26. The molecule has 1 saturated carbocycles. The summed E-state index contributed by atoms with van der Waals surface area (Å²) in [5, 5.41) is 7.85. The van der Waals surface area contributed by atoms with Crippen LogP contribution in [0.1, 0.15) is 32.1 Å². The maximum Gasteiger partial charge on any atom is 0.153 e. The maximum absolute atomic E-state index is 5.87. The number of benzene rings is 1. The van der Waals surface area contributed by atoms with E-state index in [4.69, 9.17) is 10.5 Å². The second-order valence-electron chi connectivity index (χ2n) is 5.13. The fourth-order valence-corrected chi connectivity index (χ4v) is 2.68. The molecule has 0 amide bonds. The molecule has 0 unspecified atom stereocenters. The smallest absolute Gasteiger partial charge is 0.153 e. The van der Waals surface area contributed by atoms with Gasteiger partial charge >= 0.3 is 0 Å². The third kappa shape index (κ3) is 2.28. The summed E-state index contributed by atoms with van der Waals surface area (Å²) in [6.07, 6.45) is 6.70. The largest absolute Gasteiger partial charge is 0.493 e. The first-order valence-electron chi connectivity index (χ1n) is 6.69. The molecular weight excluding hydrogens is 226 g/mol. The van der Waals surface area contributed by atoms with E-state index in [1.165, 1.54) is 32.1 Å². The minimum atomic E-state index is 0.545. The Morgan fingerprint density at radius 1 is 1.28 bits per heavy atom. The first-order chi connectivity index (χ1) is 8.83. The normalized spacial score (nSPS) is 17.1. The zero-order chi connectivity index (χ0) is 12.4. The SMILES string of the molecule is Nc1n[nH]c2cc(OCC3CCCCC3)ccc12. The lowest BCUT2D eigenvalue weighted by molar-refractivity contribution is 0.209. The van der Waals surface area contributed by atoms with Crippen LogP contribution in [0.15, 0.2) is 18.2 Å². The van der Waals surface area contributed by atoms with Gasteiger partial charge in [-0.25, -0.2) is 0 Å². The van der Waals surface area contributed by atoms with Gasteiger partial charge in [-0.15, -0.1) is 0 Å². The Morgan fingerprint density at radius 3 is 2.94 bits per heavy atom. The molecule has 1 fully saturated rings. The van der Waals surface area contributed by atoms with Crippen molar-refractivity contribution < 1.29 is 4.74 Å². The predicted octanol–water partition coefficient (Wildman–Crippen LogP) is 3.10. The van der Waals surface area contributed by atoms with E-state index in [0.717, 1.165) is 29.2 Å². The van der Waals surface area contributed by atoms with E-state index in [2.05, 4.69) is 10.2 Å². The van der Waals surface area contributed by atoms with Crippen LogP contribution in [0.5, 0.6) is 5.75 Å². The number of fused-ring (bicyclic) bond motifs is 1. The molecule has 1 heterocycles. The topological polar surface area (TPSA) is 63.9 Å². The Balaban J connectivity index is 1.66. The molecule has 2 aromatic rings. The summed E-state index contributed by atoms with van der Waals surface area (Å²) in [5.41, 5.74) is 6.67. The lowest BCUT2D eigenvalue weighted by atomic mass is 9.90. The van der Waals surface area contributed by atoms with Crippen LogP contribution in [-0.2, 0) is 0 Å². The van der Waals surface area contributed by atoms with Gasteiger partial charge in [-0.05, 0) is 30.9 Å². The number of nitrogens with one attached hydrogen (secondary N) is 1. The molecule has 4 nitrogen and oxygen atoms in total. The first kappa shape index (κ1) is 11.4. The van der Waals surface area contributed by atoms with E-state index in [-0.39, 0.29) is 0 Å². The molecule has 1 aliphatic rings. The van der Waals surface area contributed by atoms with E-state index in [0.29, 0.717) is 5.82 Å². The van der Waals surface area contributed by atoms with E-state index >= 15 is 0 Å². The van der Waals surface area contributed by atoms with Crippen LogP contribution in [0, 0.1) is 5.92 Å². The molecule has 0 radical (unpaired) electrons. The van der Waals surface area contributed by atoms with E-state index in [1.54, 1.807) is 0 Å². The molecule has 96 valence electrons. The number of aromatic amines is 1. The second kappa shape index (κ2) is 4.88. The number of hydrogen-bond acceptors (Lipinski definition) is 3. The average molecular weight is 245 g/mol. The summed E-state index contributed by atoms with van der Waals surface area (Å²) < 4.78 is 5.87. The van der Waals surface area contributed by atoms with Gasteiger partial charge in [-0.1, -0.05) is 19.3 Å². The van der Waals surface area contributed by atoms with Gasteiger partial charge in [-0.3, -0.25) is 5.10 Å². The van der Waals surface area contributed by atoms with Crippen LogP contribution in [0.3, 0.4) is 0 Å². The lowest BCUT2D eigenvalue weighted by Crippen LogP contribution is -2.15. The summed E-state index contributed by atoms with van der Waals surface area (Å²) in [7, 11) is 0. The summed E-state index contributed by atoms with van der Waals surface area (Å²) >= 11 is 0. The summed E-state index contributed by atoms with van der Waals surface area (Å²) in [5.74, 6) is 2.17. The Labute approximate surface area is 107 Å². The molecule has 3 N–H and O–H groups in total. The summed E-state index contributed by atoms with van der Waals surface area (Å²) in [6, 6.07) is 5.91. The van der Waals surface area contributed by atoms with Gasteiger partial charge in [0.15, 0.2) is 5.82 Å². The van der Waals surface area contributed by atoms with Crippen LogP contribution < -0.4 is 10.5 Å².